The van der Waals surface area contributed by atoms with Crippen LogP contribution >= 0.6 is 0 Å². The number of anilines is 6. The molecule has 1 aromatic heterocycles. The molecule has 0 amide bonds. The van der Waals surface area contributed by atoms with Crippen LogP contribution in [0.5, 0.6) is 0 Å². The molecule has 4 heteroatoms. The molecule has 0 bridgehead atoms. The average Bonchev–Trinajstić information content (AvgIpc) is 3.67. The summed E-state index contributed by atoms with van der Waals surface area (Å²) in [6.07, 6.45) is 0. The van der Waals surface area contributed by atoms with E-state index in [1.54, 1.807) is 0 Å². The Labute approximate surface area is 329 Å². The minimum atomic E-state index is 0.626. The van der Waals surface area contributed by atoms with Crippen molar-refractivity contribution in [2.45, 2.75) is 0 Å². The lowest BCUT2D eigenvalue weighted by atomic mass is 9.95. The number of furan rings is 1. The van der Waals surface area contributed by atoms with Crippen molar-refractivity contribution < 1.29 is 4.42 Å². The number of para-hydroxylation sites is 2. The van der Waals surface area contributed by atoms with E-state index in [1.807, 2.05) is 30.3 Å². The van der Waals surface area contributed by atoms with E-state index in [-0.39, 0.29) is 0 Å². The van der Waals surface area contributed by atoms with Gasteiger partial charge in [0.2, 0.25) is 0 Å². The standard InChI is InChI=1S/C53H33N3O/c54-34-35-21-27-46-47-28-26-45(33-50(47)53-52(49(46)29-35)48-19-8-9-20-51(48)57-53)55(40-15-2-1-3-16-40)41-17-10-18-42(32-41)56(43-24-22-36-11-4-6-13-38(36)30-43)44-25-23-37-12-5-7-14-39(37)31-44/h1-33H. The van der Waals surface area contributed by atoms with Gasteiger partial charge in [0.25, 0.3) is 0 Å². The highest BCUT2D eigenvalue weighted by Gasteiger charge is 2.21. The Morgan fingerprint density at radius 3 is 1.58 bits per heavy atom. The first-order valence-electron chi connectivity index (χ1n) is 19.1. The van der Waals surface area contributed by atoms with Gasteiger partial charge in [-0.2, -0.15) is 5.26 Å². The van der Waals surface area contributed by atoms with Gasteiger partial charge in [0.05, 0.1) is 11.6 Å². The second-order valence-electron chi connectivity index (χ2n) is 14.5. The summed E-state index contributed by atoms with van der Waals surface area (Å²) in [7, 11) is 0. The second-order valence-corrected chi connectivity index (χ2v) is 14.5. The van der Waals surface area contributed by atoms with E-state index in [2.05, 4.69) is 186 Å². The van der Waals surface area contributed by atoms with Crippen LogP contribution in [0.4, 0.5) is 34.1 Å². The minimum absolute atomic E-state index is 0.626. The van der Waals surface area contributed by atoms with Crippen LogP contribution < -0.4 is 9.80 Å². The molecule has 0 aliphatic heterocycles. The zero-order valence-corrected chi connectivity index (χ0v) is 30.8. The topological polar surface area (TPSA) is 43.4 Å². The van der Waals surface area contributed by atoms with Gasteiger partial charge in [-0.05, 0) is 123 Å². The van der Waals surface area contributed by atoms with E-state index in [0.29, 0.717) is 5.56 Å². The third-order valence-electron chi connectivity index (χ3n) is 11.2. The minimum Gasteiger partial charge on any atom is -0.455 e. The molecule has 57 heavy (non-hydrogen) atoms. The number of hydrogen-bond donors (Lipinski definition) is 0. The number of hydrogen-bond acceptors (Lipinski definition) is 4. The van der Waals surface area contributed by atoms with Crippen molar-refractivity contribution >= 4 is 99.2 Å². The predicted octanol–water partition coefficient (Wildman–Crippen LogP) is 15.0. The van der Waals surface area contributed by atoms with Gasteiger partial charge >= 0.3 is 0 Å². The Balaban J connectivity index is 1.13. The quantitative estimate of drug-likeness (QED) is 0.160. The highest BCUT2D eigenvalue weighted by Crippen LogP contribution is 2.45. The van der Waals surface area contributed by atoms with E-state index in [4.69, 9.17) is 4.42 Å². The zero-order chi connectivity index (χ0) is 37.9. The molecule has 0 saturated heterocycles. The van der Waals surface area contributed by atoms with Gasteiger partial charge in [-0.25, -0.2) is 0 Å². The van der Waals surface area contributed by atoms with Crippen LogP contribution in [0.1, 0.15) is 5.56 Å². The maximum atomic E-state index is 9.85. The number of fused-ring (bicyclic) bond motifs is 10. The normalized spacial score (nSPS) is 11.5. The van der Waals surface area contributed by atoms with Gasteiger partial charge in [-0.1, -0.05) is 115 Å². The largest absolute Gasteiger partial charge is 0.455 e. The Kier molecular flexibility index (Phi) is 7.52. The summed E-state index contributed by atoms with van der Waals surface area (Å²) >= 11 is 0. The van der Waals surface area contributed by atoms with Crippen LogP contribution in [0.15, 0.2) is 205 Å². The second kappa shape index (κ2) is 13.2. The van der Waals surface area contributed by atoms with Crippen LogP contribution in [0, 0.1) is 11.3 Å². The zero-order valence-electron chi connectivity index (χ0n) is 30.8. The molecule has 0 radical (unpaired) electrons. The highest BCUT2D eigenvalue weighted by molar-refractivity contribution is 6.30. The van der Waals surface area contributed by atoms with Gasteiger partial charge in [0, 0.05) is 50.3 Å². The summed E-state index contributed by atoms with van der Waals surface area (Å²) in [6, 6.07) is 72.9. The summed E-state index contributed by atoms with van der Waals surface area (Å²) in [5.74, 6) is 0. The third kappa shape index (κ3) is 5.45. The lowest BCUT2D eigenvalue weighted by molar-refractivity contribution is 0.673. The number of rotatable bonds is 6. The number of nitrogens with zero attached hydrogens (tertiary/aromatic N) is 3. The Hall–Kier alpha value is -7.87. The van der Waals surface area contributed by atoms with Crippen LogP contribution in [-0.2, 0) is 0 Å². The van der Waals surface area contributed by atoms with Gasteiger partial charge < -0.3 is 14.2 Å². The molecule has 0 saturated carbocycles. The summed E-state index contributed by atoms with van der Waals surface area (Å²) in [5.41, 5.74) is 8.53. The fourth-order valence-corrected chi connectivity index (χ4v) is 8.53. The molecule has 10 aromatic carbocycles. The third-order valence-corrected chi connectivity index (χ3v) is 11.2. The van der Waals surface area contributed by atoms with Crippen molar-refractivity contribution in [3.05, 3.63) is 206 Å². The van der Waals surface area contributed by atoms with E-state index in [0.717, 1.165) is 77.6 Å². The molecular weight excluding hydrogens is 695 g/mol. The van der Waals surface area contributed by atoms with Gasteiger partial charge in [0.15, 0.2) is 0 Å². The number of benzene rings is 10. The summed E-state index contributed by atoms with van der Waals surface area (Å²) in [4.78, 5) is 4.67. The smallest absolute Gasteiger partial charge is 0.143 e. The maximum absolute atomic E-state index is 9.85. The van der Waals surface area contributed by atoms with Crippen molar-refractivity contribution in [2.24, 2.45) is 0 Å². The molecule has 11 rings (SSSR count). The molecule has 4 nitrogen and oxygen atoms in total. The summed E-state index contributed by atoms with van der Waals surface area (Å²) in [6.45, 7) is 0. The molecule has 1 heterocycles. The molecule has 0 fully saturated rings. The van der Waals surface area contributed by atoms with Crippen LogP contribution in [0.25, 0.3) is 65.0 Å². The monoisotopic (exact) mass is 727 g/mol. The first-order valence-corrected chi connectivity index (χ1v) is 19.1. The number of nitriles is 1. The van der Waals surface area contributed by atoms with E-state index < -0.39 is 0 Å². The molecule has 0 spiro atoms. The van der Waals surface area contributed by atoms with Crippen molar-refractivity contribution in [3.8, 4) is 6.07 Å². The maximum Gasteiger partial charge on any atom is 0.143 e. The Morgan fingerprint density at radius 2 is 0.877 bits per heavy atom. The van der Waals surface area contributed by atoms with Crippen LogP contribution in [-0.4, -0.2) is 0 Å². The lowest BCUT2D eigenvalue weighted by Gasteiger charge is -2.30. The van der Waals surface area contributed by atoms with Gasteiger partial charge in [0.1, 0.15) is 11.2 Å². The SMILES string of the molecule is N#Cc1ccc2c3ccc(N(c4ccccc4)c4cccc(N(c5ccc6ccccc6c5)c5ccc6ccccc6c5)c4)cc3c3oc4ccccc4c3c2c1. The van der Waals surface area contributed by atoms with Crippen molar-refractivity contribution in [1.29, 1.82) is 5.26 Å². The Bertz CT molecular complexity index is 3320. The highest BCUT2D eigenvalue weighted by atomic mass is 16.3. The molecular formula is C53H33N3O. The van der Waals surface area contributed by atoms with Crippen molar-refractivity contribution in [1.82, 2.24) is 0 Å². The van der Waals surface area contributed by atoms with Crippen LogP contribution in [0.2, 0.25) is 0 Å². The van der Waals surface area contributed by atoms with Crippen molar-refractivity contribution in [2.75, 3.05) is 9.80 Å². The molecule has 266 valence electrons. The molecule has 0 unspecified atom stereocenters. The van der Waals surface area contributed by atoms with E-state index in [1.165, 1.54) is 21.5 Å². The van der Waals surface area contributed by atoms with Gasteiger partial charge in [-0.3, -0.25) is 0 Å². The van der Waals surface area contributed by atoms with Crippen molar-refractivity contribution in [3.63, 3.8) is 0 Å². The van der Waals surface area contributed by atoms with E-state index >= 15 is 0 Å². The van der Waals surface area contributed by atoms with Gasteiger partial charge in [-0.15, -0.1) is 0 Å². The average molecular weight is 728 g/mol. The summed E-state index contributed by atoms with van der Waals surface area (Å²) in [5, 5.41) is 20.9. The van der Waals surface area contributed by atoms with Crippen LogP contribution in [0.3, 0.4) is 0 Å². The molecule has 11 aromatic rings. The molecule has 0 atom stereocenters. The first-order chi connectivity index (χ1) is 28.2. The molecule has 0 aliphatic carbocycles. The fourth-order valence-electron chi connectivity index (χ4n) is 8.53. The summed E-state index contributed by atoms with van der Waals surface area (Å²) < 4.78 is 6.69. The Morgan fingerprint density at radius 1 is 0.351 bits per heavy atom. The fraction of sp³-hybridized carbons (Fsp3) is 0. The lowest BCUT2D eigenvalue weighted by Crippen LogP contribution is -2.13. The van der Waals surface area contributed by atoms with E-state index in [9.17, 15) is 5.26 Å². The molecule has 0 aliphatic rings. The molecule has 0 N–H and O–H groups in total. The first kappa shape index (κ1) is 32.6. The predicted molar refractivity (Wildman–Crippen MR) is 238 cm³/mol.